The third-order valence-electron chi connectivity index (χ3n) is 4.43. The third-order valence-corrected chi connectivity index (χ3v) is 5.37. The van der Waals surface area contributed by atoms with E-state index in [0.29, 0.717) is 5.52 Å². The van der Waals surface area contributed by atoms with Crippen LogP contribution in [0, 0.1) is 0 Å². The van der Waals surface area contributed by atoms with Gasteiger partial charge >= 0.3 is 6.36 Å². The minimum absolute atomic E-state index is 0.00602. The van der Waals surface area contributed by atoms with Crippen molar-refractivity contribution in [3.8, 4) is 11.4 Å². The van der Waals surface area contributed by atoms with Crippen LogP contribution in [0.25, 0.3) is 27.6 Å². The normalized spacial score (nSPS) is 11.7. The summed E-state index contributed by atoms with van der Waals surface area (Å²) in [6, 6.07) is 12.1. The molecule has 0 aliphatic carbocycles. The average molecular weight is 448 g/mol. The molecule has 0 aliphatic heterocycles. The third kappa shape index (κ3) is 4.22. The number of aromatic amines is 1. The van der Waals surface area contributed by atoms with E-state index < -0.39 is 17.7 Å². The molecule has 2 N–H and O–H groups in total. The number of rotatable bonds is 5. The predicted octanol–water partition coefficient (Wildman–Crippen LogP) is 3.60. The molecule has 4 rings (SSSR count). The van der Waals surface area contributed by atoms with Gasteiger partial charge in [0, 0.05) is 18.0 Å². The highest BCUT2D eigenvalue weighted by atomic mass is 32.2. The number of nitrogens with one attached hydrogen (secondary N) is 2. The number of aromatic nitrogens is 3. The summed E-state index contributed by atoms with van der Waals surface area (Å²) in [5.74, 6) is -0.672. The maximum Gasteiger partial charge on any atom is 0.573 e. The number of hydrogen-bond donors (Lipinski definition) is 2. The number of benzene rings is 2. The van der Waals surface area contributed by atoms with Gasteiger partial charge in [-0.2, -0.15) is 0 Å². The topological polar surface area (TPSA) is 89.0 Å². The number of H-pyrrole nitrogens is 1. The maximum atomic E-state index is 13.3. The van der Waals surface area contributed by atoms with Gasteiger partial charge in [-0.15, -0.1) is 13.2 Å². The summed E-state index contributed by atoms with van der Waals surface area (Å²) >= 11 is 1.04. The zero-order valence-corrected chi connectivity index (χ0v) is 16.8. The first-order chi connectivity index (χ1) is 14.8. The number of carbonyl (C=O) groups excluding carboxylic acids is 1. The summed E-state index contributed by atoms with van der Waals surface area (Å²) in [6.45, 7) is 0. The van der Waals surface area contributed by atoms with Crippen LogP contribution in [0.3, 0.4) is 0 Å². The zero-order valence-electron chi connectivity index (χ0n) is 16.0. The number of carbonyl (C=O) groups is 1. The number of para-hydroxylation sites is 1. The van der Waals surface area contributed by atoms with E-state index >= 15 is 0 Å². The molecule has 0 radical (unpaired) electrons. The lowest BCUT2D eigenvalue weighted by Gasteiger charge is -2.13. The Kier molecular flexibility index (Phi) is 5.36. The SMILES string of the molecule is CNC(=O)CSc1nc2c([nH]c3ccccc32)c(=O)n1-c1ccc(OC(F)(F)F)cc1. The van der Waals surface area contributed by atoms with E-state index in [9.17, 15) is 22.8 Å². The number of fused-ring (bicyclic) bond motifs is 3. The van der Waals surface area contributed by atoms with Crippen molar-refractivity contribution in [2.75, 3.05) is 12.8 Å². The Hall–Kier alpha value is -3.47. The second-order valence-corrected chi connectivity index (χ2v) is 7.38. The predicted molar refractivity (Wildman–Crippen MR) is 111 cm³/mol. The van der Waals surface area contributed by atoms with Gasteiger partial charge in [-0.3, -0.25) is 14.2 Å². The lowest BCUT2D eigenvalue weighted by atomic mass is 10.2. The molecule has 0 aliphatic rings. The summed E-state index contributed by atoms with van der Waals surface area (Å²) in [6.07, 6.45) is -4.82. The Balaban J connectivity index is 1.87. The fourth-order valence-corrected chi connectivity index (χ4v) is 3.94. The largest absolute Gasteiger partial charge is 0.573 e. The van der Waals surface area contributed by atoms with Crippen LogP contribution in [-0.2, 0) is 4.79 Å². The van der Waals surface area contributed by atoms with Crippen LogP contribution in [0.1, 0.15) is 0 Å². The highest BCUT2D eigenvalue weighted by Crippen LogP contribution is 2.28. The molecule has 2 heterocycles. The Morgan fingerprint density at radius 1 is 1.19 bits per heavy atom. The molecule has 4 aromatic rings. The summed E-state index contributed by atoms with van der Waals surface area (Å²) in [7, 11) is 1.49. The van der Waals surface area contributed by atoms with E-state index in [1.54, 1.807) is 6.07 Å². The first-order valence-electron chi connectivity index (χ1n) is 9.00. The van der Waals surface area contributed by atoms with Gasteiger partial charge in [0.1, 0.15) is 16.8 Å². The molecule has 160 valence electrons. The molecule has 7 nitrogen and oxygen atoms in total. The van der Waals surface area contributed by atoms with Gasteiger partial charge < -0.3 is 15.0 Å². The van der Waals surface area contributed by atoms with Gasteiger partial charge in [0.05, 0.1) is 11.4 Å². The van der Waals surface area contributed by atoms with Crippen LogP contribution in [-0.4, -0.2) is 39.6 Å². The zero-order chi connectivity index (χ0) is 22.2. The van der Waals surface area contributed by atoms with Crippen molar-refractivity contribution in [2.45, 2.75) is 11.5 Å². The van der Waals surface area contributed by atoms with E-state index in [2.05, 4.69) is 20.0 Å². The lowest BCUT2D eigenvalue weighted by molar-refractivity contribution is -0.274. The quantitative estimate of drug-likeness (QED) is 0.360. The van der Waals surface area contributed by atoms with Gasteiger partial charge in [-0.05, 0) is 30.3 Å². The van der Waals surface area contributed by atoms with Gasteiger partial charge in [0.2, 0.25) is 5.91 Å². The fraction of sp³-hybridized carbons (Fsp3) is 0.150. The van der Waals surface area contributed by atoms with Crippen molar-refractivity contribution < 1.29 is 22.7 Å². The van der Waals surface area contributed by atoms with Crippen molar-refractivity contribution in [1.29, 1.82) is 0 Å². The van der Waals surface area contributed by atoms with Gasteiger partial charge in [-0.25, -0.2) is 4.98 Å². The van der Waals surface area contributed by atoms with Crippen molar-refractivity contribution in [2.24, 2.45) is 0 Å². The van der Waals surface area contributed by atoms with Crippen LogP contribution in [0.15, 0.2) is 58.5 Å². The van der Waals surface area contributed by atoms with E-state index in [1.165, 1.54) is 23.7 Å². The van der Waals surface area contributed by atoms with E-state index in [-0.39, 0.29) is 28.0 Å². The monoisotopic (exact) mass is 448 g/mol. The molecule has 0 unspecified atom stereocenters. The highest BCUT2D eigenvalue weighted by molar-refractivity contribution is 7.99. The van der Waals surface area contributed by atoms with Crippen LogP contribution in [0.2, 0.25) is 0 Å². The standard InChI is InChI=1S/C20H15F3N4O3S/c1-24-15(28)10-31-19-26-16-13-4-2-3-5-14(13)25-17(16)18(29)27(19)11-6-8-12(9-7-11)30-20(21,22)23/h2-9,25H,10H2,1H3,(H,24,28). The lowest BCUT2D eigenvalue weighted by Crippen LogP contribution is -2.24. The van der Waals surface area contributed by atoms with Crippen molar-refractivity contribution in [3.05, 3.63) is 58.9 Å². The second-order valence-electron chi connectivity index (χ2n) is 6.43. The van der Waals surface area contributed by atoms with Crippen LogP contribution < -0.4 is 15.6 Å². The van der Waals surface area contributed by atoms with E-state index in [0.717, 1.165) is 34.8 Å². The number of thioether (sulfide) groups is 1. The summed E-state index contributed by atoms with van der Waals surface area (Å²) in [4.78, 5) is 32.7. The first kappa shape index (κ1) is 20.8. The Bertz CT molecular complexity index is 1330. The van der Waals surface area contributed by atoms with Crippen molar-refractivity contribution >= 4 is 39.6 Å². The molecule has 31 heavy (non-hydrogen) atoms. The summed E-state index contributed by atoms with van der Waals surface area (Å²) < 4.78 is 42.5. The highest BCUT2D eigenvalue weighted by Gasteiger charge is 2.31. The van der Waals surface area contributed by atoms with Crippen LogP contribution in [0.4, 0.5) is 13.2 Å². The van der Waals surface area contributed by atoms with E-state index in [4.69, 9.17) is 0 Å². The molecule has 0 bridgehead atoms. The number of nitrogens with zero attached hydrogens (tertiary/aromatic N) is 2. The number of alkyl halides is 3. The first-order valence-corrected chi connectivity index (χ1v) is 9.98. The molecular weight excluding hydrogens is 433 g/mol. The molecule has 0 fully saturated rings. The molecule has 1 amide bonds. The Morgan fingerprint density at radius 2 is 1.90 bits per heavy atom. The smallest absolute Gasteiger partial charge is 0.406 e. The van der Waals surface area contributed by atoms with Crippen molar-refractivity contribution in [1.82, 2.24) is 19.9 Å². The molecule has 11 heteroatoms. The number of ether oxygens (including phenoxy) is 1. The van der Waals surface area contributed by atoms with Gasteiger partial charge in [-0.1, -0.05) is 30.0 Å². The fourth-order valence-electron chi connectivity index (χ4n) is 3.07. The van der Waals surface area contributed by atoms with Crippen LogP contribution in [0.5, 0.6) is 5.75 Å². The Labute approximate surface area is 177 Å². The summed E-state index contributed by atoms with van der Waals surface area (Å²) in [5.41, 5.74) is 1.27. The Morgan fingerprint density at radius 3 is 2.58 bits per heavy atom. The summed E-state index contributed by atoms with van der Waals surface area (Å²) in [5, 5.41) is 3.48. The average Bonchev–Trinajstić information content (AvgIpc) is 3.11. The molecule has 0 atom stereocenters. The molecule has 0 saturated heterocycles. The second kappa shape index (κ2) is 7.99. The molecule has 0 saturated carbocycles. The van der Waals surface area contributed by atoms with Crippen molar-refractivity contribution in [3.63, 3.8) is 0 Å². The number of hydrogen-bond acceptors (Lipinski definition) is 5. The van der Waals surface area contributed by atoms with Gasteiger partial charge in [0.25, 0.3) is 5.56 Å². The number of amides is 1. The minimum Gasteiger partial charge on any atom is -0.406 e. The van der Waals surface area contributed by atoms with Crippen LogP contribution >= 0.6 is 11.8 Å². The number of halogens is 3. The molecule has 0 spiro atoms. The molecule has 2 aromatic heterocycles. The molecule has 2 aromatic carbocycles. The maximum absolute atomic E-state index is 13.3. The van der Waals surface area contributed by atoms with Gasteiger partial charge in [0.15, 0.2) is 5.16 Å². The molecular formula is C20H15F3N4O3S. The van der Waals surface area contributed by atoms with E-state index in [1.807, 2.05) is 18.2 Å². The minimum atomic E-state index is -4.82.